The van der Waals surface area contributed by atoms with Gasteiger partial charge in [0.25, 0.3) is 5.91 Å². The van der Waals surface area contributed by atoms with Gasteiger partial charge in [0.15, 0.2) is 6.61 Å². The Bertz CT molecular complexity index is 432. The SMILES string of the molecule is Cc1ccc(C(=O)OCC(=O)N2CCCCC2)o1. The van der Waals surface area contributed by atoms with Gasteiger partial charge in [-0.05, 0) is 38.3 Å². The zero-order valence-electron chi connectivity index (χ0n) is 10.5. The molecule has 0 saturated carbocycles. The fraction of sp³-hybridized carbons (Fsp3) is 0.538. The van der Waals surface area contributed by atoms with Crippen molar-refractivity contribution in [1.82, 2.24) is 4.90 Å². The minimum absolute atomic E-state index is 0.133. The van der Waals surface area contributed by atoms with Crippen LogP contribution in [-0.2, 0) is 9.53 Å². The van der Waals surface area contributed by atoms with Crippen LogP contribution in [0.5, 0.6) is 0 Å². The molecule has 18 heavy (non-hydrogen) atoms. The molecule has 2 heterocycles. The van der Waals surface area contributed by atoms with Crippen LogP contribution in [0.15, 0.2) is 16.5 Å². The number of nitrogens with zero attached hydrogens (tertiary/aromatic N) is 1. The molecule has 5 nitrogen and oxygen atoms in total. The van der Waals surface area contributed by atoms with Crippen molar-refractivity contribution >= 4 is 11.9 Å². The van der Waals surface area contributed by atoms with E-state index in [1.807, 2.05) is 0 Å². The molecule has 1 aromatic heterocycles. The Morgan fingerprint density at radius 2 is 2.00 bits per heavy atom. The number of amides is 1. The summed E-state index contributed by atoms with van der Waals surface area (Å²) in [6, 6.07) is 3.23. The fourth-order valence-corrected chi connectivity index (χ4v) is 1.98. The van der Waals surface area contributed by atoms with Crippen molar-refractivity contribution in [1.29, 1.82) is 0 Å². The van der Waals surface area contributed by atoms with Crippen molar-refractivity contribution in [2.24, 2.45) is 0 Å². The summed E-state index contributed by atoms with van der Waals surface area (Å²) in [5.41, 5.74) is 0. The van der Waals surface area contributed by atoms with Crippen molar-refractivity contribution in [2.75, 3.05) is 19.7 Å². The first kappa shape index (κ1) is 12.7. The Morgan fingerprint density at radius 1 is 1.28 bits per heavy atom. The third kappa shape index (κ3) is 3.12. The smallest absolute Gasteiger partial charge is 0.374 e. The molecular weight excluding hydrogens is 234 g/mol. The van der Waals surface area contributed by atoms with Gasteiger partial charge in [0.1, 0.15) is 5.76 Å². The largest absolute Gasteiger partial charge is 0.454 e. The Labute approximate surface area is 106 Å². The second-order valence-electron chi connectivity index (χ2n) is 4.43. The standard InChI is InChI=1S/C13H17NO4/c1-10-5-6-11(18-10)13(16)17-9-12(15)14-7-3-2-4-8-14/h5-6H,2-4,7-9H2,1H3. The molecule has 98 valence electrons. The van der Waals surface area contributed by atoms with Gasteiger partial charge in [0.05, 0.1) is 0 Å². The Balaban J connectivity index is 1.80. The van der Waals surface area contributed by atoms with E-state index in [0.29, 0.717) is 5.76 Å². The van der Waals surface area contributed by atoms with Crippen molar-refractivity contribution < 1.29 is 18.7 Å². The van der Waals surface area contributed by atoms with Gasteiger partial charge in [0.2, 0.25) is 5.76 Å². The number of carbonyl (C=O) groups excluding carboxylic acids is 2. The monoisotopic (exact) mass is 251 g/mol. The summed E-state index contributed by atoms with van der Waals surface area (Å²) in [6.07, 6.45) is 3.21. The van der Waals surface area contributed by atoms with E-state index in [1.165, 1.54) is 0 Å². The molecule has 0 aliphatic carbocycles. The molecule has 0 unspecified atom stereocenters. The molecule has 1 saturated heterocycles. The number of furan rings is 1. The Hall–Kier alpha value is -1.78. The lowest BCUT2D eigenvalue weighted by Crippen LogP contribution is -2.38. The van der Waals surface area contributed by atoms with E-state index in [1.54, 1.807) is 24.0 Å². The van der Waals surface area contributed by atoms with E-state index in [9.17, 15) is 9.59 Å². The predicted molar refractivity (Wildman–Crippen MR) is 64.2 cm³/mol. The number of piperidine rings is 1. The van der Waals surface area contributed by atoms with Crippen LogP contribution in [0.4, 0.5) is 0 Å². The number of esters is 1. The summed E-state index contributed by atoms with van der Waals surface area (Å²) in [7, 11) is 0. The third-order valence-electron chi connectivity index (χ3n) is 2.98. The fourth-order valence-electron chi connectivity index (χ4n) is 1.98. The quantitative estimate of drug-likeness (QED) is 0.768. The summed E-state index contributed by atoms with van der Waals surface area (Å²) in [5, 5.41) is 0. The highest BCUT2D eigenvalue weighted by molar-refractivity contribution is 5.88. The highest BCUT2D eigenvalue weighted by Gasteiger charge is 2.19. The highest BCUT2D eigenvalue weighted by atomic mass is 16.5. The molecule has 1 aromatic rings. The number of carbonyl (C=O) groups is 2. The molecule has 1 fully saturated rings. The second kappa shape index (κ2) is 5.71. The first-order chi connectivity index (χ1) is 8.66. The molecule has 0 aromatic carbocycles. The maximum absolute atomic E-state index is 11.8. The second-order valence-corrected chi connectivity index (χ2v) is 4.43. The Morgan fingerprint density at radius 3 is 2.61 bits per heavy atom. The van der Waals surface area contributed by atoms with Gasteiger partial charge < -0.3 is 14.1 Å². The minimum atomic E-state index is -0.589. The van der Waals surface area contributed by atoms with E-state index in [4.69, 9.17) is 9.15 Å². The van der Waals surface area contributed by atoms with E-state index >= 15 is 0 Å². The predicted octanol–water partition coefficient (Wildman–Crippen LogP) is 1.76. The normalized spacial score (nSPS) is 15.5. The molecule has 0 spiro atoms. The molecule has 0 N–H and O–H groups in total. The van der Waals surface area contributed by atoms with Crippen molar-refractivity contribution in [2.45, 2.75) is 26.2 Å². The first-order valence-corrected chi connectivity index (χ1v) is 6.18. The lowest BCUT2D eigenvalue weighted by Gasteiger charge is -2.26. The Kier molecular flexibility index (Phi) is 4.02. The van der Waals surface area contributed by atoms with Gasteiger partial charge in [-0.15, -0.1) is 0 Å². The number of hydrogen-bond acceptors (Lipinski definition) is 4. The number of ether oxygens (including phenoxy) is 1. The molecule has 2 rings (SSSR count). The average Bonchev–Trinajstić information content (AvgIpc) is 2.83. The average molecular weight is 251 g/mol. The van der Waals surface area contributed by atoms with Crippen molar-refractivity contribution in [3.05, 3.63) is 23.7 Å². The van der Waals surface area contributed by atoms with Crippen molar-refractivity contribution in [3.8, 4) is 0 Å². The molecule has 5 heteroatoms. The lowest BCUT2D eigenvalue weighted by molar-refractivity contribution is -0.135. The molecule has 0 atom stereocenters. The molecule has 0 bridgehead atoms. The topological polar surface area (TPSA) is 59.8 Å². The van der Waals surface area contributed by atoms with E-state index < -0.39 is 5.97 Å². The first-order valence-electron chi connectivity index (χ1n) is 6.18. The zero-order chi connectivity index (χ0) is 13.0. The molecule has 1 amide bonds. The summed E-state index contributed by atoms with van der Waals surface area (Å²) in [6.45, 7) is 3.06. The number of rotatable bonds is 3. The lowest BCUT2D eigenvalue weighted by atomic mass is 10.1. The van der Waals surface area contributed by atoms with Gasteiger partial charge in [0, 0.05) is 13.1 Å². The van der Waals surface area contributed by atoms with Crippen LogP contribution < -0.4 is 0 Å². The van der Waals surface area contributed by atoms with E-state index in [0.717, 1.165) is 32.4 Å². The van der Waals surface area contributed by atoms with Crippen LogP contribution in [0.25, 0.3) is 0 Å². The number of likely N-dealkylation sites (tertiary alicyclic amines) is 1. The summed E-state index contributed by atoms with van der Waals surface area (Å²) in [4.78, 5) is 25.1. The maximum atomic E-state index is 11.8. The van der Waals surface area contributed by atoms with Gasteiger partial charge in [-0.1, -0.05) is 0 Å². The van der Waals surface area contributed by atoms with Crippen LogP contribution in [0.1, 0.15) is 35.6 Å². The van der Waals surface area contributed by atoms with Crippen LogP contribution in [0, 0.1) is 6.92 Å². The maximum Gasteiger partial charge on any atom is 0.374 e. The van der Waals surface area contributed by atoms with Crippen molar-refractivity contribution in [3.63, 3.8) is 0 Å². The summed E-state index contributed by atoms with van der Waals surface area (Å²) in [5.74, 6) is 0.0584. The van der Waals surface area contributed by atoms with Gasteiger partial charge in [-0.25, -0.2) is 4.79 Å². The molecular formula is C13H17NO4. The van der Waals surface area contributed by atoms with Gasteiger partial charge in [-0.3, -0.25) is 4.79 Å². The van der Waals surface area contributed by atoms with E-state index in [-0.39, 0.29) is 18.3 Å². The number of aryl methyl sites for hydroxylation is 1. The summed E-state index contributed by atoms with van der Waals surface area (Å²) < 4.78 is 10.1. The molecule has 1 aliphatic rings. The number of hydrogen-bond donors (Lipinski definition) is 0. The molecule has 0 radical (unpaired) electrons. The van der Waals surface area contributed by atoms with Gasteiger partial charge in [-0.2, -0.15) is 0 Å². The van der Waals surface area contributed by atoms with E-state index in [2.05, 4.69) is 0 Å². The van der Waals surface area contributed by atoms with Gasteiger partial charge >= 0.3 is 5.97 Å². The van der Waals surface area contributed by atoms with Crippen LogP contribution >= 0.6 is 0 Å². The molecule has 1 aliphatic heterocycles. The summed E-state index contributed by atoms with van der Waals surface area (Å²) >= 11 is 0. The van der Waals surface area contributed by atoms with Crippen LogP contribution in [-0.4, -0.2) is 36.5 Å². The third-order valence-corrected chi connectivity index (χ3v) is 2.98. The van der Waals surface area contributed by atoms with Crippen LogP contribution in [0.2, 0.25) is 0 Å². The highest BCUT2D eigenvalue weighted by Crippen LogP contribution is 2.10. The minimum Gasteiger partial charge on any atom is -0.454 e. The van der Waals surface area contributed by atoms with Crippen LogP contribution in [0.3, 0.4) is 0 Å². The zero-order valence-corrected chi connectivity index (χ0v) is 10.5.